The van der Waals surface area contributed by atoms with Gasteiger partial charge in [0.05, 0.1) is 17.3 Å². The van der Waals surface area contributed by atoms with Crippen LogP contribution in [0.4, 0.5) is 4.79 Å². The number of hydrogen-bond donors (Lipinski definition) is 1. The van der Waals surface area contributed by atoms with Crippen molar-refractivity contribution < 1.29 is 14.3 Å². The lowest BCUT2D eigenvalue weighted by Crippen LogP contribution is -2.47. The smallest absolute Gasteiger partial charge is 0.407 e. The lowest BCUT2D eigenvalue weighted by molar-refractivity contribution is 0.0997. The summed E-state index contributed by atoms with van der Waals surface area (Å²) in [4.78, 5) is 14.3. The number of nitrogens with zero attached hydrogens (tertiary/aromatic N) is 2. The third-order valence-corrected chi connectivity index (χ3v) is 3.41. The molecule has 2 rings (SSSR count). The van der Waals surface area contributed by atoms with Crippen LogP contribution in [-0.2, 0) is 6.54 Å². The summed E-state index contributed by atoms with van der Waals surface area (Å²) in [7, 11) is 0. The summed E-state index contributed by atoms with van der Waals surface area (Å²) in [5, 5.41) is 8.81. The molecule has 0 radical (unpaired) electrons. The van der Waals surface area contributed by atoms with Crippen molar-refractivity contribution in [1.82, 2.24) is 9.80 Å². The predicted octanol–water partition coefficient (Wildman–Crippen LogP) is 1.84. The van der Waals surface area contributed by atoms with E-state index in [0.717, 1.165) is 29.9 Å². The molecule has 1 aromatic rings. The van der Waals surface area contributed by atoms with Crippen LogP contribution >= 0.6 is 15.9 Å². The first-order valence-corrected chi connectivity index (χ1v) is 5.88. The fourth-order valence-electron chi connectivity index (χ4n) is 1.74. The highest BCUT2D eigenvalue weighted by Gasteiger charge is 2.21. The van der Waals surface area contributed by atoms with Gasteiger partial charge >= 0.3 is 6.09 Å². The van der Waals surface area contributed by atoms with Crippen molar-refractivity contribution in [3.05, 3.63) is 22.6 Å². The second kappa shape index (κ2) is 4.88. The minimum atomic E-state index is -0.834. The Morgan fingerprint density at radius 2 is 2.12 bits per heavy atom. The van der Waals surface area contributed by atoms with Crippen molar-refractivity contribution in [1.29, 1.82) is 0 Å². The largest absolute Gasteiger partial charge is 0.467 e. The third-order valence-electron chi connectivity index (χ3n) is 2.70. The van der Waals surface area contributed by atoms with Crippen molar-refractivity contribution in [2.75, 3.05) is 26.2 Å². The Bertz CT molecular complexity index is 372. The van der Waals surface area contributed by atoms with E-state index < -0.39 is 6.09 Å². The monoisotopic (exact) mass is 288 g/mol. The van der Waals surface area contributed by atoms with Crippen molar-refractivity contribution in [2.45, 2.75) is 6.54 Å². The van der Waals surface area contributed by atoms with E-state index in [1.165, 1.54) is 4.90 Å². The van der Waals surface area contributed by atoms with Crippen molar-refractivity contribution in [2.24, 2.45) is 0 Å². The van der Waals surface area contributed by atoms with E-state index in [0.29, 0.717) is 13.1 Å². The number of hydrogen-bond acceptors (Lipinski definition) is 3. The topological polar surface area (TPSA) is 56.9 Å². The van der Waals surface area contributed by atoms with Crippen molar-refractivity contribution in [3.63, 3.8) is 0 Å². The minimum absolute atomic E-state index is 0.563. The van der Waals surface area contributed by atoms with E-state index in [1.54, 1.807) is 6.26 Å². The van der Waals surface area contributed by atoms with Crippen molar-refractivity contribution >= 4 is 22.0 Å². The minimum Gasteiger partial charge on any atom is -0.467 e. The van der Waals surface area contributed by atoms with Crippen LogP contribution < -0.4 is 0 Å². The molecule has 1 aliphatic rings. The SMILES string of the molecule is O=C(O)N1CCN(Cc2occc2Br)CC1. The Labute approximate surface area is 102 Å². The molecule has 0 saturated carbocycles. The predicted molar refractivity (Wildman–Crippen MR) is 61.3 cm³/mol. The second-order valence-electron chi connectivity index (χ2n) is 3.74. The van der Waals surface area contributed by atoms with E-state index in [1.807, 2.05) is 6.07 Å². The summed E-state index contributed by atoms with van der Waals surface area (Å²) in [5.41, 5.74) is 0. The fraction of sp³-hybridized carbons (Fsp3) is 0.500. The van der Waals surface area contributed by atoms with Crippen LogP contribution in [-0.4, -0.2) is 47.2 Å². The van der Waals surface area contributed by atoms with Gasteiger partial charge in [0.15, 0.2) is 0 Å². The Hall–Kier alpha value is -1.01. The number of carbonyl (C=O) groups is 1. The van der Waals surface area contributed by atoms with Crippen LogP contribution in [0.25, 0.3) is 0 Å². The van der Waals surface area contributed by atoms with Gasteiger partial charge in [-0.05, 0) is 22.0 Å². The van der Waals surface area contributed by atoms with E-state index in [-0.39, 0.29) is 0 Å². The quantitative estimate of drug-likeness (QED) is 0.902. The van der Waals surface area contributed by atoms with Gasteiger partial charge < -0.3 is 14.4 Å². The Morgan fingerprint density at radius 3 is 2.62 bits per heavy atom. The Balaban J connectivity index is 1.86. The molecule has 0 spiro atoms. The first kappa shape index (κ1) is 11.5. The first-order chi connectivity index (χ1) is 7.66. The first-order valence-electron chi connectivity index (χ1n) is 5.09. The standard InChI is InChI=1S/C10H13BrN2O3/c11-8-1-6-16-9(8)7-12-2-4-13(5-3-12)10(14)15/h1,6H,2-5,7H2,(H,14,15). The molecule has 1 N–H and O–H groups in total. The highest BCUT2D eigenvalue weighted by atomic mass is 79.9. The fourth-order valence-corrected chi connectivity index (χ4v) is 2.07. The molecule has 0 bridgehead atoms. The second-order valence-corrected chi connectivity index (χ2v) is 4.59. The van der Waals surface area contributed by atoms with Crippen LogP contribution in [0.5, 0.6) is 0 Å². The zero-order chi connectivity index (χ0) is 11.5. The van der Waals surface area contributed by atoms with Crippen LogP contribution in [0.2, 0.25) is 0 Å². The normalized spacial score (nSPS) is 17.7. The van der Waals surface area contributed by atoms with Crippen LogP contribution in [0.3, 0.4) is 0 Å². The number of rotatable bonds is 2. The molecule has 16 heavy (non-hydrogen) atoms. The van der Waals surface area contributed by atoms with Gasteiger partial charge in [-0.15, -0.1) is 0 Å². The molecule has 5 nitrogen and oxygen atoms in total. The summed E-state index contributed by atoms with van der Waals surface area (Å²) < 4.78 is 6.29. The average molecular weight is 289 g/mol. The van der Waals surface area contributed by atoms with Gasteiger partial charge in [-0.2, -0.15) is 0 Å². The van der Waals surface area contributed by atoms with Gasteiger partial charge in [0.1, 0.15) is 5.76 Å². The van der Waals surface area contributed by atoms with E-state index in [4.69, 9.17) is 9.52 Å². The van der Waals surface area contributed by atoms with Crippen LogP contribution in [0, 0.1) is 0 Å². The highest BCUT2D eigenvalue weighted by molar-refractivity contribution is 9.10. The lowest BCUT2D eigenvalue weighted by Gasteiger charge is -2.32. The molecular formula is C10H13BrN2O3. The molecule has 0 aromatic carbocycles. The summed E-state index contributed by atoms with van der Waals surface area (Å²) >= 11 is 3.40. The van der Waals surface area contributed by atoms with E-state index in [9.17, 15) is 4.79 Å². The molecule has 88 valence electrons. The number of amides is 1. The van der Waals surface area contributed by atoms with Crippen LogP contribution in [0.1, 0.15) is 5.76 Å². The van der Waals surface area contributed by atoms with Gasteiger partial charge in [-0.25, -0.2) is 4.79 Å². The highest BCUT2D eigenvalue weighted by Crippen LogP contribution is 2.19. The van der Waals surface area contributed by atoms with Crippen LogP contribution in [0.15, 0.2) is 21.2 Å². The number of furan rings is 1. The molecular weight excluding hydrogens is 276 g/mol. The van der Waals surface area contributed by atoms with Gasteiger partial charge in [-0.3, -0.25) is 4.90 Å². The molecule has 6 heteroatoms. The molecule has 0 unspecified atom stereocenters. The number of piperazine rings is 1. The number of carboxylic acid groups (broad SMARTS) is 1. The molecule has 1 saturated heterocycles. The molecule has 2 heterocycles. The molecule has 0 atom stereocenters. The maximum Gasteiger partial charge on any atom is 0.407 e. The molecule has 0 aliphatic carbocycles. The zero-order valence-electron chi connectivity index (χ0n) is 8.73. The number of halogens is 1. The molecule has 1 aliphatic heterocycles. The van der Waals surface area contributed by atoms with Gasteiger partial charge in [0.2, 0.25) is 0 Å². The molecule has 1 fully saturated rings. The van der Waals surface area contributed by atoms with Gasteiger partial charge in [-0.1, -0.05) is 0 Å². The van der Waals surface area contributed by atoms with E-state index >= 15 is 0 Å². The Kier molecular flexibility index (Phi) is 3.50. The Morgan fingerprint density at radius 1 is 1.44 bits per heavy atom. The maximum atomic E-state index is 10.7. The maximum absolute atomic E-state index is 10.7. The zero-order valence-corrected chi connectivity index (χ0v) is 10.3. The van der Waals surface area contributed by atoms with Gasteiger partial charge in [0, 0.05) is 26.2 Å². The summed E-state index contributed by atoms with van der Waals surface area (Å²) in [6.45, 7) is 3.35. The van der Waals surface area contributed by atoms with Gasteiger partial charge in [0.25, 0.3) is 0 Å². The molecule has 1 aromatic heterocycles. The average Bonchev–Trinajstić information content (AvgIpc) is 2.65. The summed E-state index contributed by atoms with van der Waals surface area (Å²) in [5.74, 6) is 0.892. The van der Waals surface area contributed by atoms with E-state index in [2.05, 4.69) is 20.8 Å². The lowest BCUT2D eigenvalue weighted by atomic mass is 10.3. The molecule has 1 amide bonds. The summed E-state index contributed by atoms with van der Waals surface area (Å²) in [6, 6.07) is 1.86. The third kappa shape index (κ3) is 2.56. The summed E-state index contributed by atoms with van der Waals surface area (Å²) in [6.07, 6.45) is 0.811. The van der Waals surface area contributed by atoms with Crippen molar-refractivity contribution in [3.8, 4) is 0 Å².